The number of para-hydroxylation sites is 3. The number of amides is 1. The highest BCUT2D eigenvalue weighted by Crippen LogP contribution is 2.34. The van der Waals surface area contributed by atoms with E-state index in [0.29, 0.717) is 18.8 Å². The van der Waals surface area contributed by atoms with Gasteiger partial charge in [-0.2, -0.15) is 5.10 Å². The van der Waals surface area contributed by atoms with Crippen LogP contribution in [-0.2, 0) is 11.3 Å². The summed E-state index contributed by atoms with van der Waals surface area (Å²) in [6, 6.07) is 23.9. The number of nitrogens with one attached hydrogen (secondary N) is 1. The van der Waals surface area contributed by atoms with Crippen molar-refractivity contribution in [1.29, 1.82) is 0 Å². The van der Waals surface area contributed by atoms with Gasteiger partial charge < -0.3 is 19.7 Å². The van der Waals surface area contributed by atoms with E-state index >= 15 is 0 Å². The lowest BCUT2D eigenvalue weighted by molar-refractivity contribution is -0.128. The van der Waals surface area contributed by atoms with Gasteiger partial charge in [-0.15, -0.1) is 0 Å². The summed E-state index contributed by atoms with van der Waals surface area (Å²) in [5.74, 6) is 0.152. The van der Waals surface area contributed by atoms with Gasteiger partial charge in [0.1, 0.15) is 12.4 Å². The number of fused-ring (bicyclic) bond motifs is 1. The number of benzene rings is 3. The highest BCUT2D eigenvalue weighted by molar-refractivity contribution is 5.83. The molecule has 0 radical (unpaired) electrons. The number of anilines is 1. The highest BCUT2D eigenvalue weighted by Gasteiger charge is 2.30. The lowest BCUT2D eigenvalue weighted by Crippen LogP contribution is -2.49. The molecule has 0 saturated heterocycles. The Morgan fingerprint density at radius 2 is 1.86 bits per heavy atom. The highest BCUT2D eigenvalue weighted by atomic mass is 19.1. The molecule has 178 valence electrons. The van der Waals surface area contributed by atoms with Gasteiger partial charge in [0.05, 0.1) is 24.5 Å². The van der Waals surface area contributed by atoms with Gasteiger partial charge in [0.2, 0.25) is 0 Å². The predicted octanol–water partition coefficient (Wildman–Crippen LogP) is 3.97. The van der Waals surface area contributed by atoms with Crippen molar-refractivity contribution in [3.63, 3.8) is 0 Å². The molecule has 0 spiro atoms. The summed E-state index contributed by atoms with van der Waals surface area (Å²) in [4.78, 5) is 15.0. The van der Waals surface area contributed by atoms with E-state index in [-0.39, 0.29) is 24.8 Å². The number of hydrogen-bond acceptors (Lipinski definition) is 5. The molecule has 1 aliphatic rings. The van der Waals surface area contributed by atoms with Crippen molar-refractivity contribution < 1.29 is 18.7 Å². The Hall–Kier alpha value is -4.33. The Bertz CT molecular complexity index is 1280. The van der Waals surface area contributed by atoms with Crippen LogP contribution in [0.1, 0.15) is 5.56 Å². The molecule has 1 unspecified atom stereocenters. The van der Waals surface area contributed by atoms with Gasteiger partial charge >= 0.3 is 0 Å². The van der Waals surface area contributed by atoms with Crippen LogP contribution in [0.3, 0.4) is 0 Å². The fourth-order valence-corrected chi connectivity index (χ4v) is 4.00. The zero-order chi connectivity index (χ0) is 24.0. The van der Waals surface area contributed by atoms with Crippen molar-refractivity contribution in [1.82, 2.24) is 15.1 Å². The summed E-state index contributed by atoms with van der Waals surface area (Å²) in [5.41, 5.74) is 3.03. The number of ether oxygens (including phenoxy) is 2. The molecule has 5 rings (SSSR count). The monoisotopic (exact) mass is 472 g/mol. The van der Waals surface area contributed by atoms with Gasteiger partial charge in [-0.05, 0) is 48.0 Å². The number of aromatic nitrogens is 2. The van der Waals surface area contributed by atoms with Gasteiger partial charge in [0, 0.05) is 18.9 Å². The second-order valence-corrected chi connectivity index (χ2v) is 8.14. The standard InChI is InChI=1S/C27H25FN4O3/c28-22-6-1-3-8-24(22)34-17-15-29-27(33)26-19-31(23-7-2-4-9-25(23)35-26)18-20-10-12-21(13-11-20)32-16-5-14-30-32/h1-14,16,26H,15,17-19H2,(H,29,33). The molecule has 0 fully saturated rings. The Kier molecular flexibility index (Phi) is 6.61. The Morgan fingerprint density at radius 3 is 2.66 bits per heavy atom. The lowest BCUT2D eigenvalue weighted by atomic mass is 10.1. The maximum absolute atomic E-state index is 13.7. The summed E-state index contributed by atoms with van der Waals surface area (Å²) in [7, 11) is 0. The molecule has 1 atom stereocenters. The lowest BCUT2D eigenvalue weighted by Gasteiger charge is -2.35. The Labute approximate surface area is 202 Å². The van der Waals surface area contributed by atoms with Gasteiger partial charge in [-0.1, -0.05) is 36.4 Å². The molecule has 1 aliphatic heterocycles. The maximum Gasteiger partial charge on any atom is 0.263 e. The van der Waals surface area contributed by atoms with Crippen molar-refractivity contribution in [2.75, 3.05) is 24.6 Å². The molecule has 0 saturated carbocycles. The molecule has 0 aliphatic carbocycles. The molecule has 0 bridgehead atoms. The molecule has 1 aromatic heterocycles. The van der Waals surface area contributed by atoms with Gasteiger partial charge in [0.25, 0.3) is 5.91 Å². The van der Waals surface area contributed by atoms with E-state index in [1.807, 2.05) is 53.3 Å². The third-order valence-electron chi connectivity index (χ3n) is 5.73. The molecule has 35 heavy (non-hydrogen) atoms. The number of nitrogens with zero attached hydrogens (tertiary/aromatic N) is 3. The average Bonchev–Trinajstić information content (AvgIpc) is 3.43. The molecular weight excluding hydrogens is 447 g/mol. The van der Waals surface area contributed by atoms with Crippen molar-refractivity contribution in [2.24, 2.45) is 0 Å². The fourth-order valence-electron chi connectivity index (χ4n) is 4.00. The number of carbonyl (C=O) groups is 1. The van der Waals surface area contributed by atoms with E-state index in [0.717, 1.165) is 16.9 Å². The molecule has 2 heterocycles. The van der Waals surface area contributed by atoms with E-state index in [9.17, 15) is 9.18 Å². The van der Waals surface area contributed by atoms with Crippen LogP contribution in [-0.4, -0.2) is 41.5 Å². The minimum absolute atomic E-state index is 0.155. The molecular formula is C27H25FN4O3. The smallest absolute Gasteiger partial charge is 0.263 e. The third kappa shape index (κ3) is 5.27. The van der Waals surface area contributed by atoms with Crippen LogP contribution in [0.2, 0.25) is 0 Å². The minimum atomic E-state index is -0.679. The number of hydrogen-bond donors (Lipinski definition) is 1. The predicted molar refractivity (Wildman–Crippen MR) is 130 cm³/mol. The fraction of sp³-hybridized carbons (Fsp3) is 0.185. The SMILES string of the molecule is O=C(NCCOc1ccccc1F)C1CN(Cc2ccc(-n3cccn3)cc2)c2ccccc2O1. The van der Waals surface area contributed by atoms with Crippen molar-refractivity contribution >= 4 is 11.6 Å². The van der Waals surface area contributed by atoms with Crippen molar-refractivity contribution in [2.45, 2.75) is 12.6 Å². The first-order chi connectivity index (χ1) is 17.2. The van der Waals surface area contributed by atoms with E-state index in [4.69, 9.17) is 9.47 Å². The molecule has 3 aromatic carbocycles. The number of halogens is 1. The normalized spacial score (nSPS) is 14.7. The van der Waals surface area contributed by atoms with Gasteiger partial charge in [-0.25, -0.2) is 9.07 Å². The van der Waals surface area contributed by atoms with Crippen LogP contribution >= 0.6 is 0 Å². The van der Waals surface area contributed by atoms with Crippen LogP contribution in [0.4, 0.5) is 10.1 Å². The van der Waals surface area contributed by atoms with E-state index in [1.54, 1.807) is 24.4 Å². The summed E-state index contributed by atoms with van der Waals surface area (Å²) in [6.45, 7) is 1.42. The minimum Gasteiger partial charge on any atom is -0.489 e. The molecule has 8 heteroatoms. The number of rotatable bonds is 8. The van der Waals surface area contributed by atoms with E-state index in [2.05, 4.69) is 27.4 Å². The summed E-state index contributed by atoms with van der Waals surface area (Å²) < 4.78 is 26.9. The third-order valence-corrected chi connectivity index (χ3v) is 5.73. The largest absolute Gasteiger partial charge is 0.489 e. The Morgan fingerprint density at radius 1 is 1.06 bits per heavy atom. The second-order valence-electron chi connectivity index (χ2n) is 8.14. The summed E-state index contributed by atoms with van der Waals surface area (Å²) in [6.07, 6.45) is 2.97. The van der Waals surface area contributed by atoms with Crippen molar-refractivity contribution in [3.8, 4) is 17.2 Å². The maximum atomic E-state index is 13.7. The topological polar surface area (TPSA) is 68.6 Å². The van der Waals surface area contributed by atoms with Gasteiger partial charge in [-0.3, -0.25) is 4.79 Å². The average molecular weight is 473 g/mol. The van der Waals surface area contributed by atoms with Gasteiger partial charge in [0.15, 0.2) is 17.7 Å². The molecule has 1 N–H and O–H groups in total. The first-order valence-corrected chi connectivity index (χ1v) is 11.4. The van der Waals surface area contributed by atoms with Crippen molar-refractivity contribution in [3.05, 3.63) is 103 Å². The molecule has 1 amide bonds. The zero-order valence-electron chi connectivity index (χ0n) is 19.0. The van der Waals surface area contributed by atoms with E-state index in [1.165, 1.54) is 6.07 Å². The quantitative estimate of drug-likeness (QED) is 0.393. The van der Waals surface area contributed by atoms with E-state index < -0.39 is 11.9 Å². The van der Waals surface area contributed by atoms with Crippen LogP contribution in [0.25, 0.3) is 5.69 Å². The first kappa shape index (κ1) is 22.5. The number of carbonyl (C=O) groups excluding carboxylic acids is 1. The summed E-state index contributed by atoms with van der Waals surface area (Å²) >= 11 is 0. The first-order valence-electron chi connectivity index (χ1n) is 11.4. The van der Waals surface area contributed by atoms with Crippen LogP contribution in [0, 0.1) is 5.82 Å². The molecule has 7 nitrogen and oxygen atoms in total. The second kappa shape index (κ2) is 10.3. The van der Waals surface area contributed by atoms with Crippen LogP contribution < -0.4 is 19.7 Å². The molecule has 4 aromatic rings. The van der Waals surface area contributed by atoms with Crippen LogP contribution in [0.5, 0.6) is 11.5 Å². The summed E-state index contributed by atoms with van der Waals surface area (Å²) in [5, 5.41) is 7.09. The zero-order valence-corrected chi connectivity index (χ0v) is 19.0. The Balaban J connectivity index is 1.22. The van der Waals surface area contributed by atoms with Crippen LogP contribution in [0.15, 0.2) is 91.3 Å².